The maximum atomic E-state index is 6.04. The van der Waals surface area contributed by atoms with E-state index in [1.54, 1.807) is 0 Å². The first kappa shape index (κ1) is 15.7. The third-order valence-electron chi connectivity index (χ3n) is 4.15. The maximum Gasteiger partial charge on any atom is 0.0416 e. The molecule has 1 heterocycles. The monoisotopic (exact) mass is 268 g/mol. The van der Waals surface area contributed by atoms with Crippen LogP contribution >= 0.6 is 11.3 Å². The molecule has 1 aromatic heterocycles. The zero-order chi connectivity index (χ0) is 13.6. The summed E-state index contributed by atoms with van der Waals surface area (Å²) in [5.41, 5.74) is 6.15. The third-order valence-corrected chi connectivity index (χ3v) is 5.19. The van der Waals surface area contributed by atoms with Crippen LogP contribution in [0.2, 0.25) is 0 Å². The number of likely N-dealkylation sites (N-methyl/N-ethyl adjacent to an activating group) is 1. The van der Waals surface area contributed by atoms with Gasteiger partial charge in [-0.05, 0) is 38.8 Å². The topological polar surface area (TPSA) is 29.3 Å². The molecule has 1 rings (SSSR count). The smallest absolute Gasteiger partial charge is 0.0416 e. The van der Waals surface area contributed by atoms with Gasteiger partial charge in [0.25, 0.3) is 0 Å². The van der Waals surface area contributed by atoms with Crippen molar-refractivity contribution in [3.05, 3.63) is 22.4 Å². The Labute approximate surface area is 116 Å². The number of thiophene rings is 1. The lowest BCUT2D eigenvalue weighted by Crippen LogP contribution is -2.50. The van der Waals surface area contributed by atoms with E-state index in [2.05, 4.69) is 50.2 Å². The molecule has 0 aliphatic heterocycles. The van der Waals surface area contributed by atoms with Gasteiger partial charge in [-0.1, -0.05) is 32.3 Å². The van der Waals surface area contributed by atoms with Gasteiger partial charge in [-0.3, -0.25) is 4.90 Å². The molecule has 1 aromatic rings. The van der Waals surface area contributed by atoms with Crippen LogP contribution in [-0.4, -0.2) is 24.0 Å². The molecule has 0 aromatic carbocycles. The second-order valence-corrected chi connectivity index (χ2v) is 6.44. The first-order valence-corrected chi connectivity index (χ1v) is 7.89. The summed E-state index contributed by atoms with van der Waals surface area (Å²) in [4.78, 5) is 3.88. The minimum absolute atomic E-state index is 0.110. The van der Waals surface area contributed by atoms with Crippen molar-refractivity contribution in [1.82, 2.24) is 4.90 Å². The predicted molar refractivity (Wildman–Crippen MR) is 82.1 cm³/mol. The molecule has 0 aliphatic carbocycles. The number of rotatable bonds is 8. The first-order chi connectivity index (χ1) is 8.55. The van der Waals surface area contributed by atoms with Crippen molar-refractivity contribution in [3.8, 4) is 0 Å². The number of hydrogen-bond donors (Lipinski definition) is 1. The standard InChI is InChI=1S/C15H28N2S/c1-5-6-7-10-15(3,12-16)17(4)13(2)14-9-8-11-18-14/h8-9,11,13H,5-7,10,12,16H2,1-4H3. The highest BCUT2D eigenvalue weighted by Gasteiger charge is 2.31. The molecule has 2 unspecified atom stereocenters. The molecule has 2 nitrogen and oxygen atoms in total. The van der Waals surface area contributed by atoms with Crippen LogP contribution in [0.5, 0.6) is 0 Å². The Morgan fingerprint density at radius 2 is 2.17 bits per heavy atom. The summed E-state index contributed by atoms with van der Waals surface area (Å²) in [6.45, 7) is 7.55. The maximum absolute atomic E-state index is 6.04. The summed E-state index contributed by atoms with van der Waals surface area (Å²) in [6.07, 6.45) is 5.02. The molecule has 2 N–H and O–H groups in total. The van der Waals surface area contributed by atoms with E-state index in [0.29, 0.717) is 6.04 Å². The van der Waals surface area contributed by atoms with Crippen LogP contribution in [0, 0.1) is 0 Å². The van der Waals surface area contributed by atoms with Crippen molar-refractivity contribution in [2.45, 2.75) is 58.0 Å². The van der Waals surface area contributed by atoms with Crippen molar-refractivity contribution in [1.29, 1.82) is 0 Å². The van der Waals surface area contributed by atoms with E-state index < -0.39 is 0 Å². The van der Waals surface area contributed by atoms with Crippen molar-refractivity contribution >= 4 is 11.3 Å². The zero-order valence-corrected chi connectivity index (χ0v) is 13.1. The van der Waals surface area contributed by atoms with E-state index in [-0.39, 0.29) is 5.54 Å². The van der Waals surface area contributed by atoms with Gasteiger partial charge in [0.1, 0.15) is 0 Å². The number of nitrogens with zero attached hydrogens (tertiary/aromatic N) is 1. The van der Waals surface area contributed by atoms with Crippen LogP contribution in [0.15, 0.2) is 17.5 Å². The summed E-state index contributed by atoms with van der Waals surface area (Å²) in [5, 5.41) is 2.15. The van der Waals surface area contributed by atoms with Gasteiger partial charge in [-0.2, -0.15) is 0 Å². The third kappa shape index (κ3) is 3.81. The Morgan fingerprint density at radius 3 is 2.67 bits per heavy atom. The van der Waals surface area contributed by atoms with Crippen LogP contribution in [0.3, 0.4) is 0 Å². The minimum atomic E-state index is 0.110. The van der Waals surface area contributed by atoms with Crippen molar-refractivity contribution < 1.29 is 0 Å². The lowest BCUT2D eigenvalue weighted by atomic mass is 9.91. The quantitative estimate of drug-likeness (QED) is 0.721. The van der Waals surface area contributed by atoms with Gasteiger partial charge in [0.2, 0.25) is 0 Å². The lowest BCUT2D eigenvalue weighted by molar-refractivity contribution is 0.0907. The molecule has 2 atom stereocenters. The molecule has 104 valence electrons. The molecule has 18 heavy (non-hydrogen) atoms. The van der Waals surface area contributed by atoms with Gasteiger partial charge >= 0.3 is 0 Å². The number of unbranched alkanes of at least 4 members (excludes halogenated alkanes) is 2. The van der Waals surface area contributed by atoms with Crippen LogP contribution in [-0.2, 0) is 0 Å². The largest absolute Gasteiger partial charge is 0.329 e. The average Bonchev–Trinajstić information content (AvgIpc) is 2.91. The molecule has 0 saturated heterocycles. The highest BCUT2D eigenvalue weighted by atomic mass is 32.1. The van der Waals surface area contributed by atoms with Crippen molar-refractivity contribution in [2.24, 2.45) is 5.73 Å². The van der Waals surface area contributed by atoms with Crippen LogP contribution in [0.1, 0.15) is 57.4 Å². The first-order valence-electron chi connectivity index (χ1n) is 7.01. The van der Waals surface area contributed by atoms with Gasteiger partial charge in [0.05, 0.1) is 0 Å². The molecule has 0 bridgehead atoms. The fraction of sp³-hybridized carbons (Fsp3) is 0.733. The SMILES string of the molecule is CCCCCC(C)(CN)N(C)C(C)c1cccs1. The second-order valence-electron chi connectivity index (χ2n) is 5.46. The summed E-state index contributed by atoms with van der Waals surface area (Å²) >= 11 is 1.83. The molecular formula is C15H28N2S. The fourth-order valence-corrected chi connectivity index (χ4v) is 3.19. The van der Waals surface area contributed by atoms with E-state index in [1.807, 2.05) is 11.3 Å². The van der Waals surface area contributed by atoms with Crippen LogP contribution < -0.4 is 5.73 Å². The predicted octanol–water partition coefficient (Wildman–Crippen LogP) is 4.04. The number of nitrogens with two attached hydrogens (primary N) is 1. The van der Waals surface area contributed by atoms with Gasteiger partial charge in [-0.25, -0.2) is 0 Å². The summed E-state index contributed by atoms with van der Waals surface area (Å²) < 4.78 is 0. The van der Waals surface area contributed by atoms with Crippen molar-refractivity contribution in [2.75, 3.05) is 13.6 Å². The molecule has 0 aliphatic rings. The Morgan fingerprint density at radius 1 is 1.44 bits per heavy atom. The molecule has 0 saturated carbocycles. The summed E-state index contributed by atoms with van der Waals surface area (Å²) in [7, 11) is 2.21. The lowest BCUT2D eigenvalue weighted by Gasteiger charge is -2.42. The van der Waals surface area contributed by atoms with Gasteiger partial charge in [0.15, 0.2) is 0 Å². The molecule has 3 heteroatoms. The average molecular weight is 268 g/mol. The van der Waals surface area contributed by atoms with E-state index in [1.165, 1.54) is 30.6 Å². The van der Waals surface area contributed by atoms with Gasteiger partial charge in [0, 0.05) is 23.0 Å². The van der Waals surface area contributed by atoms with E-state index in [0.717, 1.165) is 6.54 Å². The number of hydrogen-bond acceptors (Lipinski definition) is 3. The normalized spacial score (nSPS) is 16.8. The zero-order valence-electron chi connectivity index (χ0n) is 12.3. The van der Waals surface area contributed by atoms with E-state index in [9.17, 15) is 0 Å². The molecule has 0 fully saturated rings. The fourth-order valence-electron chi connectivity index (χ4n) is 2.37. The Bertz CT molecular complexity index is 323. The highest BCUT2D eigenvalue weighted by molar-refractivity contribution is 7.10. The summed E-state index contributed by atoms with van der Waals surface area (Å²) in [6, 6.07) is 4.79. The summed E-state index contributed by atoms with van der Waals surface area (Å²) in [5.74, 6) is 0. The molecule has 0 radical (unpaired) electrons. The van der Waals surface area contributed by atoms with Crippen LogP contribution in [0.25, 0.3) is 0 Å². The molecule has 0 spiro atoms. The van der Waals surface area contributed by atoms with E-state index in [4.69, 9.17) is 5.73 Å². The van der Waals surface area contributed by atoms with Gasteiger partial charge < -0.3 is 5.73 Å². The molecular weight excluding hydrogens is 240 g/mol. The Hall–Kier alpha value is -0.380. The Balaban J connectivity index is 2.68. The Kier molecular flexibility index (Phi) is 6.33. The second kappa shape index (κ2) is 7.27. The van der Waals surface area contributed by atoms with E-state index >= 15 is 0 Å². The highest BCUT2D eigenvalue weighted by Crippen LogP contribution is 2.31. The van der Waals surface area contributed by atoms with Gasteiger partial charge in [-0.15, -0.1) is 11.3 Å². The molecule has 0 amide bonds. The minimum Gasteiger partial charge on any atom is -0.329 e. The van der Waals surface area contributed by atoms with Crippen LogP contribution in [0.4, 0.5) is 0 Å². The van der Waals surface area contributed by atoms with Crippen molar-refractivity contribution in [3.63, 3.8) is 0 Å².